The fourth-order valence-electron chi connectivity index (χ4n) is 2.06. The van der Waals surface area contributed by atoms with Gasteiger partial charge in [0.25, 0.3) is 0 Å². The Morgan fingerprint density at radius 1 is 0.812 bits per heavy atom. The number of anilines is 1. The zero-order valence-corrected chi connectivity index (χ0v) is 8.64. The molecule has 0 heterocycles. The van der Waals surface area contributed by atoms with Gasteiger partial charge in [-0.1, -0.05) is 24.3 Å². The quantitative estimate of drug-likeness (QED) is 0.441. The topological polar surface area (TPSA) is 46.2 Å². The third-order valence-corrected chi connectivity index (χ3v) is 2.89. The van der Waals surface area contributed by atoms with Crippen LogP contribution in [0.1, 0.15) is 0 Å². The first-order valence-electron chi connectivity index (χ1n) is 5.16. The Kier molecular flexibility index (Phi) is 1.77. The fourth-order valence-corrected chi connectivity index (χ4v) is 2.06. The summed E-state index contributed by atoms with van der Waals surface area (Å²) in [6, 6.07) is 15.3. The maximum Gasteiger partial charge on any atom is 0.123 e. The Bertz CT molecular complexity index is 627. The van der Waals surface area contributed by atoms with Gasteiger partial charge in [-0.15, -0.1) is 0 Å². The largest absolute Gasteiger partial charge is 0.507 e. The number of fused-ring (bicyclic) bond motifs is 2. The molecule has 0 unspecified atom stereocenters. The van der Waals surface area contributed by atoms with Crippen LogP contribution in [-0.4, -0.2) is 5.11 Å². The highest BCUT2D eigenvalue weighted by Gasteiger charge is 2.03. The highest BCUT2D eigenvalue weighted by molar-refractivity contribution is 6.04. The van der Waals surface area contributed by atoms with E-state index in [-0.39, 0.29) is 0 Å². The molecule has 0 atom stereocenters. The van der Waals surface area contributed by atoms with Gasteiger partial charge in [-0.05, 0) is 35.0 Å². The zero-order valence-electron chi connectivity index (χ0n) is 8.64. The summed E-state index contributed by atoms with van der Waals surface area (Å²) in [5, 5.41) is 13.7. The van der Waals surface area contributed by atoms with Crippen LogP contribution < -0.4 is 5.73 Å². The van der Waals surface area contributed by atoms with Crippen LogP contribution in [0.5, 0.6) is 5.75 Å². The van der Waals surface area contributed by atoms with Gasteiger partial charge in [0.1, 0.15) is 5.75 Å². The second-order valence-electron chi connectivity index (χ2n) is 3.92. The number of nitrogens with two attached hydrogens (primary N) is 1. The van der Waals surface area contributed by atoms with Crippen molar-refractivity contribution in [2.75, 3.05) is 5.73 Å². The molecule has 0 fully saturated rings. The van der Waals surface area contributed by atoms with Gasteiger partial charge in [0.15, 0.2) is 0 Å². The first kappa shape index (κ1) is 9.04. The van der Waals surface area contributed by atoms with E-state index in [2.05, 4.69) is 0 Å². The highest BCUT2D eigenvalue weighted by Crippen LogP contribution is 2.31. The van der Waals surface area contributed by atoms with Gasteiger partial charge < -0.3 is 10.8 Å². The molecule has 0 spiro atoms. The number of benzene rings is 3. The van der Waals surface area contributed by atoms with E-state index in [0.717, 1.165) is 27.2 Å². The maximum atomic E-state index is 9.77. The van der Waals surface area contributed by atoms with Crippen LogP contribution in [0.3, 0.4) is 0 Å². The Hall–Kier alpha value is -2.22. The normalized spacial score (nSPS) is 11.0. The second kappa shape index (κ2) is 3.14. The van der Waals surface area contributed by atoms with Gasteiger partial charge in [-0.2, -0.15) is 0 Å². The van der Waals surface area contributed by atoms with Crippen LogP contribution in [-0.2, 0) is 0 Å². The lowest BCUT2D eigenvalue weighted by molar-refractivity contribution is 0.481. The van der Waals surface area contributed by atoms with E-state index in [9.17, 15) is 5.11 Å². The lowest BCUT2D eigenvalue weighted by atomic mass is 10.0. The molecule has 0 aromatic heterocycles. The van der Waals surface area contributed by atoms with Crippen LogP contribution >= 0.6 is 0 Å². The number of hydrogen-bond acceptors (Lipinski definition) is 2. The van der Waals surface area contributed by atoms with E-state index < -0.39 is 0 Å². The number of phenols is 1. The third-order valence-electron chi connectivity index (χ3n) is 2.89. The summed E-state index contributed by atoms with van der Waals surface area (Å²) in [7, 11) is 0. The minimum atomic E-state index is 0.307. The summed E-state index contributed by atoms with van der Waals surface area (Å²) in [5.41, 5.74) is 6.69. The Labute approximate surface area is 92.9 Å². The molecule has 3 rings (SSSR count). The first-order chi connectivity index (χ1) is 7.75. The van der Waals surface area contributed by atoms with Gasteiger partial charge in [-0.25, -0.2) is 0 Å². The molecular formula is C14H11NO. The van der Waals surface area contributed by atoms with Crippen molar-refractivity contribution >= 4 is 27.2 Å². The van der Waals surface area contributed by atoms with E-state index in [1.807, 2.05) is 42.5 Å². The summed E-state index contributed by atoms with van der Waals surface area (Å²) < 4.78 is 0. The molecule has 3 aromatic carbocycles. The molecule has 0 radical (unpaired) electrons. The lowest BCUT2D eigenvalue weighted by Gasteiger charge is -2.05. The molecule has 0 aliphatic carbocycles. The van der Waals surface area contributed by atoms with Crippen molar-refractivity contribution in [2.24, 2.45) is 0 Å². The van der Waals surface area contributed by atoms with Crippen molar-refractivity contribution in [1.29, 1.82) is 0 Å². The standard InChI is InChI=1S/C14H11NO/c15-13-5-1-3-9-8-12-10(7-11(9)13)4-2-6-14(12)16/h1-8,16H,15H2. The molecule has 0 aliphatic rings. The van der Waals surface area contributed by atoms with Crippen molar-refractivity contribution in [3.05, 3.63) is 48.5 Å². The van der Waals surface area contributed by atoms with Crippen LogP contribution in [0.4, 0.5) is 5.69 Å². The zero-order chi connectivity index (χ0) is 11.1. The van der Waals surface area contributed by atoms with Crippen LogP contribution in [0.25, 0.3) is 21.5 Å². The molecular weight excluding hydrogens is 198 g/mol. The molecule has 0 bridgehead atoms. The summed E-state index contributed by atoms with van der Waals surface area (Å²) in [6.45, 7) is 0. The summed E-state index contributed by atoms with van der Waals surface area (Å²) in [5.74, 6) is 0.307. The molecule has 0 saturated carbocycles. The van der Waals surface area contributed by atoms with Crippen molar-refractivity contribution < 1.29 is 5.11 Å². The number of rotatable bonds is 0. The molecule has 78 valence electrons. The Balaban J connectivity index is 2.54. The Morgan fingerprint density at radius 3 is 2.25 bits per heavy atom. The van der Waals surface area contributed by atoms with Crippen molar-refractivity contribution in [1.82, 2.24) is 0 Å². The first-order valence-corrected chi connectivity index (χ1v) is 5.16. The van der Waals surface area contributed by atoms with Gasteiger partial charge in [0.05, 0.1) is 0 Å². The van der Waals surface area contributed by atoms with Crippen molar-refractivity contribution in [3.8, 4) is 5.75 Å². The highest BCUT2D eigenvalue weighted by atomic mass is 16.3. The average Bonchev–Trinajstić information content (AvgIpc) is 2.29. The smallest absolute Gasteiger partial charge is 0.123 e. The van der Waals surface area contributed by atoms with E-state index >= 15 is 0 Å². The molecule has 0 saturated heterocycles. The van der Waals surface area contributed by atoms with Gasteiger partial charge >= 0.3 is 0 Å². The molecule has 16 heavy (non-hydrogen) atoms. The molecule has 2 nitrogen and oxygen atoms in total. The maximum absolute atomic E-state index is 9.77. The molecule has 0 amide bonds. The van der Waals surface area contributed by atoms with E-state index in [1.165, 1.54) is 0 Å². The van der Waals surface area contributed by atoms with Crippen LogP contribution in [0, 0.1) is 0 Å². The monoisotopic (exact) mass is 209 g/mol. The average molecular weight is 209 g/mol. The fraction of sp³-hybridized carbons (Fsp3) is 0. The summed E-state index contributed by atoms with van der Waals surface area (Å²) in [6.07, 6.45) is 0. The van der Waals surface area contributed by atoms with E-state index in [1.54, 1.807) is 6.07 Å². The van der Waals surface area contributed by atoms with Crippen LogP contribution in [0.2, 0.25) is 0 Å². The third kappa shape index (κ3) is 1.20. The van der Waals surface area contributed by atoms with E-state index in [4.69, 9.17) is 5.73 Å². The predicted octanol–water partition coefficient (Wildman–Crippen LogP) is 3.28. The van der Waals surface area contributed by atoms with Crippen molar-refractivity contribution in [2.45, 2.75) is 0 Å². The molecule has 0 aliphatic heterocycles. The van der Waals surface area contributed by atoms with Crippen LogP contribution in [0.15, 0.2) is 48.5 Å². The van der Waals surface area contributed by atoms with E-state index in [0.29, 0.717) is 5.75 Å². The minimum absolute atomic E-state index is 0.307. The Morgan fingerprint density at radius 2 is 1.44 bits per heavy atom. The molecule has 3 aromatic rings. The molecule has 3 N–H and O–H groups in total. The number of hydrogen-bond donors (Lipinski definition) is 2. The number of phenolic OH excluding ortho intramolecular Hbond substituents is 1. The lowest BCUT2D eigenvalue weighted by Crippen LogP contribution is -1.86. The predicted molar refractivity (Wildman–Crippen MR) is 67.5 cm³/mol. The SMILES string of the molecule is Nc1cccc2cc3c(O)cccc3cc12. The van der Waals surface area contributed by atoms with Gasteiger partial charge in [0, 0.05) is 16.5 Å². The minimum Gasteiger partial charge on any atom is -0.507 e. The van der Waals surface area contributed by atoms with Crippen molar-refractivity contribution in [3.63, 3.8) is 0 Å². The molecule has 2 heteroatoms. The van der Waals surface area contributed by atoms with Gasteiger partial charge in [-0.3, -0.25) is 0 Å². The summed E-state index contributed by atoms with van der Waals surface area (Å²) >= 11 is 0. The number of nitrogen functional groups attached to an aromatic ring is 1. The van der Waals surface area contributed by atoms with Gasteiger partial charge in [0.2, 0.25) is 0 Å². The number of aromatic hydroxyl groups is 1. The second-order valence-corrected chi connectivity index (χ2v) is 3.92. The summed E-state index contributed by atoms with van der Waals surface area (Å²) in [4.78, 5) is 0.